The summed E-state index contributed by atoms with van der Waals surface area (Å²) in [4.78, 5) is 42.3. The molecule has 180 valence electrons. The molecule has 2 aromatic carbocycles. The van der Waals surface area contributed by atoms with Gasteiger partial charge >= 0.3 is 5.97 Å². The molecule has 1 fully saturated rings. The molecule has 0 saturated heterocycles. The molecular formula is C28H34N2O4. The molecule has 6 heteroatoms. The highest BCUT2D eigenvalue weighted by Crippen LogP contribution is 2.47. The largest absolute Gasteiger partial charge is 0.469 e. The standard InChI is InChI=1S/C28H34N2O4/c1-18(2)23(28(27(33)34-4)16-10-5-11-17-28)25(31)29-24-21-14-7-6-12-19(21)20-13-8-9-15-22(20)30(3)26(24)32/h6-9,12-15,18,23-24H,5,10-11,16-17H2,1-4H3,(H,29,31). The lowest BCUT2D eigenvalue weighted by molar-refractivity contribution is -0.165. The van der Waals surface area contributed by atoms with E-state index in [1.807, 2.05) is 62.4 Å². The number of rotatable bonds is 5. The lowest BCUT2D eigenvalue weighted by Crippen LogP contribution is -2.52. The number of nitrogens with zero attached hydrogens (tertiary/aromatic N) is 1. The van der Waals surface area contributed by atoms with Gasteiger partial charge in [0.05, 0.1) is 24.1 Å². The minimum absolute atomic E-state index is 0.0942. The molecule has 1 heterocycles. The van der Waals surface area contributed by atoms with Crippen LogP contribution in [0.4, 0.5) is 5.69 Å². The molecule has 0 radical (unpaired) electrons. The topological polar surface area (TPSA) is 75.7 Å². The molecule has 2 unspecified atom stereocenters. The molecule has 34 heavy (non-hydrogen) atoms. The smallest absolute Gasteiger partial charge is 0.312 e. The van der Waals surface area contributed by atoms with Crippen LogP contribution in [-0.4, -0.2) is 31.9 Å². The van der Waals surface area contributed by atoms with Crippen molar-refractivity contribution >= 4 is 23.5 Å². The summed E-state index contributed by atoms with van der Waals surface area (Å²) in [7, 11) is 3.13. The fourth-order valence-corrected chi connectivity index (χ4v) is 6.02. The summed E-state index contributed by atoms with van der Waals surface area (Å²) < 4.78 is 5.23. The van der Waals surface area contributed by atoms with Crippen LogP contribution in [0.2, 0.25) is 0 Å². The molecule has 1 saturated carbocycles. The maximum atomic E-state index is 13.9. The van der Waals surface area contributed by atoms with E-state index >= 15 is 0 Å². The van der Waals surface area contributed by atoms with E-state index in [0.717, 1.165) is 41.6 Å². The van der Waals surface area contributed by atoms with Gasteiger partial charge in [0.2, 0.25) is 5.91 Å². The molecule has 2 atom stereocenters. The Bertz CT molecular complexity index is 1090. The molecule has 1 N–H and O–H groups in total. The Kier molecular flexibility index (Phi) is 6.78. The van der Waals surface area contributed by atoms with Crippen molar-refractivity contribution in [2.75, 3.05) is 19.1 Å². The molecular weight excluding hydrogens is 428 g/mol. The van der Waals surface area contributed by atoms with Crippen molar-refractivity contribution in [2.45, 2.75) is 52.0 Å². The van der Waals surface area contributed by atoms with Crippen LogP contribution in [0.1, 0.15) is 57.6 Å². The maximum absolute atomic E-state index is 13.9. The lowest BCUT2D eigenvalue weighted by atomic mass is 9.62. The molecule has 2 amide bonds. The third kappa shape index (κ3) is 3.99. The number of methoxy groups -OCH3 is 1. The van der Waals surface area contributed by atoms with Crippen LogP contribution in [0.3, 0.4) is 0 Å². The number of ether oxygens (including phenoxy) is 1. The lowest BCUT2D eigenvalue weighted by Gasteiger charge is -2.42. The number of amides is 2. The first kappa shape index (κ1) is 24.0. The van der Waals surface area contributed by atoms with Gasteiger partial charge in [0.15, 0.2) is 0 Å². The molecule has 0 aromatic heterocycles. The van der Waals surface area contributed by atoms with E-state index in [2.05, 4.69) is 5.32 Å². The Morgan fingerprint density at radius 2 is 1.62 bits per heavy atom. The highest BCUT2D eigenvalue weighted by atomic mass is 16.5. The Hall–Kier alpha value is -3.15. The van der Waals surface area contributed by atoms with Crippen LogP contribution in [0.15, 0.2) is 48.5 Å². The average Bonchev–Trinajstić information content (AvgIpc) is 2.94. The van der Waals surface area contributed by atoms with E-state index < -0.39 is 17.4 Å². The van der Waals surface area contributed by atoms with Gasteiger partial charge in [0.1, 0.15) is 6.04 Å². The SMILES string of the molecule is COC(=O)C1(C(C(=O)NC2C(=O)N(C)c3ccccc3-c3ccccc32)C(C)C)CCCCC1. The fourth-order valence-electron chi connectivity index (χ4n) is 6.02. The van der Waals surface area contributed by atoms with E-state index in [0.29, 0.717) is 12.8 Å². The minimum Gasteiger partial charge on any atom is -0.469 e. The third-order valence-electron chi connectivity index (χ3n) is 7.57. The summed E-state index contributed by atoms with van der Waals surface area (Å²) in [5.41, 5.74) is 2.56. The quantitative estimate of drug-likeness (QED) is 0.643. The second-order valence-electron chi connectivity index (χ2n) is 9.87. The van der Waals surface area contributed by atoms with E-state index in [4.69, 9.17) is 4.74 Å². The number of para-hydroxylation sites is 1. The van der Waals surface area contributed by atoms with Gasteiger partial charge in [-0.2, -0.15) is 0 Å². The van der Waals surface area contributed by atoms with Crippen LogP contribution < -0.4 is 10.2 Å². The van der Waals surface area contributed by atoms with Gasteiger partial charge in [-0.1, -0.05) is 75.6 Å². The first-order chi connectivity index (χ1) is 16.3. The van der Waals surface area contributed by atoms with Crippen LogP contribution in [0.25, 0.3) is 11.1 Å². The number of anilines is 1. The molecule has 0 spiro atoms. The molecule has 0 bridgehead atoms. The molecule has 1 aliphatic carbocycles. The number of benzene rings is 2. The van der Waals surface area contributed by atoms with Crippen LogP contribution in [-0.2, 0) is 19.1 Å². The van der Waals surface area contributed by atoms with Gasteiger partial charge in [-0.25, -0.2) is 0 Å². The Morgan fingerprint density at radius 3 is 2.26 bits per heavy atom. The maximum Gasteiger partial charge on any atom is 0.312 e. The fraction of sp³-hybridized carbons (Fsp3) is 0.464. The van der Waals surface area contributed by atoms with E-state index in [1.165, 1.54) is 7.11 Å². The molecule has 1 aliphatic heterocycles. The van der Waals surface area contributed by atoms with Gasteiger partial charge in [0.25, 0.3) is 5.91 Å². The average molecular weight is 463 g/mol. The van der Waals surface area contributed by atoms with Crippen molar-refractivity contribution in [3.05, 3.63) is 54.1 Å². The summed E-state index contributed by atoms with van der Waals surface area (Å²) in [5.74, 6) is -1.48. The predicted molar refractivity (Wildman–Crippen MR) is 132 cm³/mol. The summed E-state index contributed by atoms with van der Waals surface area (Å²) in [6, 6.07) is 14.6. The first-order valence-electron chi connectivity index (χ1n) is 12.2. The van der Waals surface area contributed by atoms with E-state index in [9.17, 15) is 14.4 Å². The summed E-state index contributed by atoms with van der Waals surface area (Å²) in [6.45, 7) is 3.93. The number of esters is 1. The predicted octanol–water partition coefficient (Wildman–Crippen LogP) is 4.88. The highest BCUT2D eigenvalue weighted by molar-refractivity contribution is 6.06. The van der Waals surface area contributed by atoms with Crippen molar-refractivity contribution in [1.29, 1.82) is 0 Å². The van der Waals surface area contributed by atoms with Crippen molar-refractivity contribution in [3.8, 4) is 11.1 Å². The summed E-state index contributed by atoms with van der Waals surface area (Å²) in [6.07, 6.45) is 4.05. The van der Waals surface area contributed by atoms with Gasteiger partial charge in [-0.15, -0.1) is 0 Å². The highest BCUT2D eigenvalue weighted by Gasteiger charge is 2.52. The number of fused-ring (bicyclic) bond motifs is 3. The van der Waals surface area contributed by atoms with Crippen LogP contribution >= 0.6 is 0 Å². The number of nitrogens with one attached hydrogen (secondary N) is 1. The number of carbonyl (C=O) groups is 3. The second kappa shape index (κ2) is 9.61. The minimum atomic E-state index is -0.868. The normalized spacial score (nSPS) is 20.1. The second-order valence-corrected chi connectivity index (χ2v) is 9.87. The van der Waals surface area contributed by atoms with E-state index in [-0.39, 0.29) is 23.7 Å². The molecule has 2 aromatic rings. The van der Waals surface area contributed by atoms with Crippen molar-refractivity contribution < 1.29 is 19.1 Å². The Labute approximate surface area is 201 Å². The molecule has 2 aliphatic rings. The Morgan fingerprint density at radius 1 is 1.00 bits per heavy atom. The zero-order chi connectivity index (χ0) is 24.5. The Balaban J connectivity index is 1.75. The van der Waals surface area contributed by atoms with Gasteiger partial charge in [-0.3, -0.25) is 14.4 Å². The summed E-state index contributed by atoms with van der Waals surface area (Å²) >= 11 is 0. The zero-order valence-electron chi connectivity index (χ0n) is 20.5. The third-order valence-corrected chi connectivity index (χ3v) is 7.57. The number of carbonyl (C=O) groups excluding carboxylic acids is 3. The first-order valence-corrected chi connectivity index (χ1v) is 12.2. The van der Waals surface area contributed by atoms with Crippen molar-refractivity contribution in [2.24, 2.45) is 17.3 Å². The van der Waals surface area contributed by atoms with Crippen molar-refractivity contribution in [3.63, 3.8) is 0 Å². The number of hydrogen-bond acceptors (Lipinski definition) is 4. The zero-order valence-corrected chi connectivity index (χ0v) is 20.5. The molecule has 4 rings (SSSR count). The number of hydrogen-bond donors (Lipinski definition) is 1. The van der Waals surface area contributed by atoms with Crippen LogP contribution in [0.5, 0.6) is 0 Å². The van der Waals surface area contributed by atoms with Gasteiger partial charge in [0, 0.05) is 12.6 Å². The van der Waals surface area contributed by atoms with Crippen molar-refractivity contribution in [1.82, 2.24) is 5.32 Å². The number of likely N-dealkylation sites (N-methyl/N-ethyl adjacent to an activating group) is 1. The van der Waals surface area contributed by atoms with Gasteiger partial charge < -0.3 is 15.0 Å². The van der Waals surface area contributed by atoms with Gasteiger partial charge in [-0.05, 0) is 36.0 Å². The van der Waals surface area contributed by atoms with E-state index in [1.54, 1.807) is 11.9 Å². The summed E-state index contributed by atoms with van der Waals surface area (Å²) in [5, 5.41) is 3.07. The monoisotopic (exact) mass is 462 g/mol. The van der Waals surface area contributed by atoms with Crippen LogP contribution in [0, 0.1) is 17.3 Å². The molecule has 6 nitrogen and oxygen atoms in total.